The molecule has 0 unspecified atom stereocenters. The Labute approximate surface area is 207 Å². The van der Waals surface area contributed by atoms with Crippen LogP contribution in [0.5, 0.6) is 0 Å². The molecule has 0 amide bonds. The van der Waals surface area contributed by atoms with Crippen LogP contribution in [0.4, 0.5) is 0 Å². The monoisotopic (exact) mass is 508 g/mol. The summed E-state index contributed by atoms with van der Waals surface area (Å²) in [7, 11) is -3.77. The number of thiazole rings is 1. The Hall–Kier alpha value is -3.34. The fourth-order valence-electron chi connectivity index (χ4n) is 4.66. The van der Waals surface area contributed by atoms with E-state index in [0.717, 1.165) is 53.8 Å². The Morgan fingerprint density at radius 1 is 1.09 bits per heavy atom. The number of benzene rings is 2. The van der Waals surface area contributed by atoms with Gasteiger partial charge in [0.05, 0.1) is 16.3 Å². The number of sulfonamides is 1. The second kappa shape index (κ2) is 9.37. The van der Waals surface area contributed by atoms with Gasteiger partial charge in [-0.2, -0.15) is 5.10 Å². The first-order valence-electron chi connectivity index (χ1n) is 11.3. The number of primary sulfonamides is 1. The molecule has 180 valence electrons. The lowest BCUT2D eigenvalue weighted by Gasteiger charge is -2.12. The molecule has 2 heterocycles. The van der Waals surface area contributed by atoms with Gasteiger partial charge in [-0.05, 0) is 30.5 Å². The molecule has 3 N–H and O–H groups in total. The van der Waals surface area contributed by atoms with Crippen molar-refractivity contribution in [2.75, 3.05) is 0 Å². The van der Waals surface area contributed by atoms with Crippen LogP contribution in [0.2, 0.25) is 0 Å². The normalized spacial score (nSPS) is 14.4. The number of hydrogen-bond acceptors (Lipinski definition) is 6. The smallest absolute Gasteiger partial charge is 0.355 e. The van der Waals surface area contributed by atoms with E-state index in [1.165, 1.54) is 28.8 Å². The van der Waals surface area contributed by atoms with Crippen molar-refractivity contribution >= 4 is 27.3 Å². The van der Waals surface area contributed by atoms with Crippen LogP contribution in [-0.4, -0.2) is 34.3 Å². The molecule has 1 aliphatic rings. The second-order valence-corrected chi connectivity index (χ2v) is 11.1. The van der Waals surface area contributed by atoms with Crippen molar-refractivity contribution in [1.29, 1.82) is 0 Å². The van der Waals surface area contributed by atoms with E-state index >= 15 is 0 Å². The lowest BCUT2D eigenvalue weighted by atomic mass is 9.92. The van der Waals surface area contributed by atoms with Crippen LogP contribution in [0, 0.1) is 0 Å². The third-order valence-corrected chi connectivity index (χ3v) is 8.07. The number of carboxylic acid groups (broad SMARTS) is 1. The lowest BCUT2D eigenvalue weighted by molar-refractivity contribution is 0.0691. The highest BCUT2D eigenvalue weighted by molar-refractivity contribution is 7.89. The van der Waals surface area contributed by atoms with Gasteiger partial charge in [0.1, 0.15) is 0 Å². The minimum absolute atomic E-state index is 0.0120. The Kier molecular flexibility index (Phi) is 6.26. The van der Waals surface area contributed by atoms with E-state index in [1.807, 2.05) is 30.3 Å². The molecule has 5 rings (SSSR count). The average molecular weight is 509 g/mol. The van der Waals surface area contributed by atoms with E-state index in [2.05, 4.69) is 4.98 Å². The molecule has 0 aliphatic heterocycles. The third kappa shape index (κ3) is 4.77. The highest BCUT2D eigenvalue weighted by Crippen LogP contribution is 2.40. The van der Waals surface area contributed by atoms with Gasteiger partial charge in [-0.3, -0.25) is 0 Å². The molecule has 0 spiro atoms. The Balaban J connectivity index is 1.68. The predicted molar refractivity (Wildman–Crippen MR) is 133 cm³/mol. The number of rotatable bonds is 7. The number of nitrogens with zero attached hydrogens (tertiary/aromatic N) is 3. The van der Waals surface area contributed by atoms with Crippen LogP contribution in [-0.2, 0) is 16.4 Å². The summed E-state index contributed by atoms with van der Waals surface area (Å²) < 4.78 is 25.2. The third-order valence-electron chi connectivity index (χ3n) is 6.33. The molecule has 1 fully saturated rings. The minimum Gasteiger partial charge on any atom is -0.476 e. The van der Waals surface area contributed by atoms with E-state index in [9.17, 15) is 18.3 Å². The first-order chi connectivity index (χ1) is 16.8. The summed E-state index contributed by atoms with van der Waals surface area (Å²) >= 11 is 1.24. The number of carboxylic acids is 1. The molecule has 8 nitrogen and oxygen atoms in total. The van der Waals surface area contributed by atoms with Crippen molar-refractivity contribution in [1.82, 2.24) is 14.8 Å². The Morgan fingerprint density at radius 3 is 2.37 bits per heavy atom. The van der Waals surface area contributed by atoms with Crippen LogP contribution in [0.25, 0.3) is 16.4 Å². The molecule has 0 bridgehead atoms. The van der Waals surface area contributed by atoms with Gasteiger partial charge >= 0.3 is 5.97 Å². The van der Waals surface area contributed by atoms with Crippen molar-refractivity contribution in [3.63, 3.8) is 0 Å². The lowest BCUT2D eigenvalue weighted by Crippen LogP contribution is -2.12. The SMILES string of the molecule is NS(=O)(=O)c1ccc(Cc2c(C3CCCC3)nn(-c3nc(C(=O)O)cs3)c2-c2ccccc2)cc1. The highest BCUT2D eigenvalue weighted by atomic mass is 32.2. The standard InChI is InChI=1S/C25H24N4O4S2/c26-35(32,33)19-12-10-16(11-13-19)14-20-22(17-6-4-5-7-17)28-29(23(20)18-8-2-1-3-9-18)25-27-21(15-34-25)24(30)31/h1-3,8-13,15,17H,4-7,14H2,(H,30,31)(H2,26,32,33). The van der Waals surface area contributed by atoms with E-state index < -0.39 is 16.0 Å². The van der Waals surface area contributed by atoms with Gasteiger partial charge in [-0.25, -0.2) is 28.0 Å². The van der Waals surface area contributed by atoms with Gasteiger partial charge < -0.3 is 5.11 Å². The fraction of sp³-hybridized carbons (Fsp3) is 0.240. The molecule has 0 saturated heterocycles. The van der Waals surface area contributed by atoms with E-state index in [4.69, 9.17) is 10.2 Å². The van der Waals surface area contributed by atoms with Gasteiger partial charge in [0.2, 0.25) is 15.2 Å². The van der Waals surface area contributed by atoms with Crippen LogP contribution < -0.4 is 5.14 Å². The highest BCUT2D eigenvalue weighted by Gasteiger charge is 2.29. The van der Waals surface area contributed by atoms with Crippen molar-refractivity contribution in [2.45, 2.75) is 42.9 Å². The summed E-state index contributed by atoms with van der Waals surface area (Å²) in [5.41, 5.74) is 4.77. The molecule has 0 atom stereocenters. The van der Waals surface area contributed by atoms with Gasteiger partial charge in [0.15, 0.2) is 5.69 Å². The van der Waals surface area contributed by atoms with Gasteiger partial charge in [0, 0.05) is 28.8 Å². The Bertz CT molecular complexity index is 1470. The molecule has 35 heavy (non-hydrogen) atoms. The number of nitrogens with two attached hydrogens (primary N) is 1. The predicted octanol–water partition coefficient (Wildman–Crippen LogP) is 4.59. The zero-order valence-electron chi connectivity index (χ0n) is 18.8. The van der Waals surface area contributed by atoms with Crippen molar-refractivity contribution in [3.8, 4) is 16.4 Å². The molecule has 1 saturated carbocycles. The van der Waals surface area contributed by atoms with Crippen LogP contribution in [0.1, 0.15) is 58.9 Å². The van der Waals surface area contributed by atoms with Crippen molar-refractivity contribution in [3.05, 3.63) is 82.5 Å². The van der Waals surface area contributed by atoms with Crippen molar-refractivity contribution in [2.24, 2.45) is 5.14 Å². The first-order valence-corrected chi connectivity index (χ1v) is 13.7. The summed E-state index contributed by atoms with van der Waals surface area (Å²) in [6, 6.07) is 16.5. The number of hydrogen-bond donors (Lipinski definition) is 2. The largest absolute Gasteiger partial charge is 0.476 e. The molecule has 4 aromatic rings. The topological polar surface area (TPSA) is 128 Å². The maximum atomic E-state index is 11.7. The number of carbonyl (C=O) groups is 1. The number of aromatic nitrogens is 3. The molecule has 0 radical (unpaired) electrons. The Morgan fingerprint density at radius 2 is 1.77 bits per heavy atom. The molecule has 1 aliphatic carbocycles. The average Bonchev–Trinajstić information content (AvgIpc) is 3.59. The minimum atomic E-state index is -3.77. The van der Waals surface area contributed by atoms with Gasteiger partial charge in [-0.15, -0.1) is 11.3 Å². The fourth-order valence-corrected chi connectivity index (χ4v) is 5.93. The quantitative estimate of drug-likeness (QED) is 0.376. The summed E-state index contributed by atoms with van der Waals surface area (Å²) in [4.78, 5) is 15.9. The zero-order valence-corrected chi connectivity index (χ0v) is 20.4. The summed E-state index contributed by atoms with van der Waals surface area (Å²) in [5, 5.41) is 21.7. The van der Waals surface area contributed by atoms with E-state index in [-0.39, 0.29) is 10.6 Å². The van der Waals surface area contributed by atoms with Crippen LogP contribution in [0.15, 0.2) is 64.9 Å². The van der Waals surface area contributed by atoms with Crippen molar-refractivity contribution < 1.29 is 18.3 Å². The first kappa shape index (κ1) is 23.4. The number of aromatic carboxylic acids is 1. The maximum absolute atomic E-state index is 11.7. The molecular formula is C25H24N4O4S2. The van der Waals surface area contributed by atoms with E-state index in [0.29, 0.717) is 17.5 Å². The summed E-state index contributed by atoms with van der Waals surface area (Å²) in [6.45, 7) is 0. The van der Waals surface area contributed by atoms with Crippen LogP contribution >= 0.6 is 11.3 Å². The van der Waals surface area contributed by atoms with Gasteiger partial charge in [-0.1, -0.05) is 55.3 Å². The summed E-state index contributed by atoms with van der Waals surface area (Å²) in [6.07, 6.45) is 4.90. The molecule has 10 heteroatoms. The van der Waals surface area contributed by atoms with Crippen LogP contribution in [0.3, 0.4) is 0 Å². The van der Waals surface area contributed by atoms with E-state index in [1.54, 1.807) is 16.8 Å². The molecule has 2 aromatic carbocycles. The second-order valence-electron chi connectivity index (χ2n) is 8.66. The molecule has 2 aromatic heterocycles. The van der Waals surface area contributed by atoms with Gasteiger partial charge in [0.25, 0.3) is 0 Å². The maximum Gasteiger partial charge on any atom is 0.355 e. The summed E-state index contributed by atoms with van der Waals surface area (Å²) in [5.74, 6) is -0.775. The molecular weight excluding hydrogens is 484 g/mol. The zero-order chi connectivity index (χ0) is 24.6.